The quantitative estimate of drug-likeness (QED) is 0.530. The Labute approximate surface area is 187 Å². The van der Waals surface area contributed by atoms with Gasteiger partial charge in [0.05, 0.1) is 26.2 Å². The molecule has 0 spiro atoms. The molecule has 10 heteroatoms. The Kier molecular flexibility index (Phi) is 6.33. The molecule has 2 heterocycles. The number of benzene rings is 2. The van der Waals surface area contributed by atoms with E-state index >= 15 is 0 Å². The normalized spacial score (nSPS) is 15.5. The van der Waals surface area contributed by atoms with Gasteiger partial charge in [-0.25, -0.2) is 8.42 Å². The van der Waals surface area contributed by atoms with E-state index in [0.717, 1.165) is 5.56 Å². The van der Waals surface area contributed by atoms with Gasteiger partial charge >= 0.3 is 0 Å². The molecule has 0 amide bonds. The van der Waals surface area contributed by atoms with Gasteiger partial charge in [-0.2, -0.15) is 4.31 Å². The van der Waals surface area contributed by atoms with Crippen LogP contribution < -0.4 is 14.2 Å². The molecule has 1 aliphatic heterocycles. The van der Waals surface area contributed by atoms with Crippen molar-refractivity contribution in [2.75, 3.05) is 34.4 Å². The molecule has 2 aromatic carbocycles. The highest BCUT2D eigenvalue weighted by Crippen LogP contribution is 2.34. The zero-order chi connectivity index (χ0) is 22.7. The molecule has 1 aliphatic rings. The average molecular weight is 460 g/mol. The Morgan fingerprint density at radius 3 is 2.38 bits per heavy atom. The molecule has 3 aromatic rings. The van der Waals surface area contributed by atoms with E-state index < -0.39 is 10.0 Å². The molecule has 1 aromatic heterocycles. The molecule has 0 bridgehead atoms. The number of sulfonamides is 1. The maximum atomic E-state index is 13.1. The zero-order valence-electron chi connectivity index (χ0n) is 18.1. The molecule has 0 radical (unpaired) electrons. The van der Waals surface area contributed by atoms with Crippen LogP contribution in [-0.4, -0.2) is 57.3 Å². The average Bonchev–Trinajstić information content (AvgIpc) is 3.34. The fraction of sp³-hybridized carbons (Fsp3) is 0.364. The van der Waals surface area contributed by atoms with Crippen molar-refractivity contribution >= 4 is 10.0 Å². The molecule has 9 nitrogen and oxygen atoms in total. The molecule has 32 heavy (non-hydrogen) atoms. The van der Waals surface area contributed by atoms with Crippen LogP contribution in [0.3, 0.4) is 0 Å². The van der Waals surface area contributed by atoms with E-state index in [1.54, 1.807) is 13.2 Å². The summed E-state index contributed by atoms with van der Waals surface area (Å²) in [5.41, 5.74) is 0.775. The number of rotatable bonds is 7. The minimum atomic E-state index is -3.65. The van der Waals surface area contributed by atoms with E-state index in [2.05, 4.69) is 10.2 Å². The van der Waals surface area contributed by atoms with Crippen molar-refractivity contribution in [3.05, 3.63) is 48.4 Å². The van der Waals surface area contributed by atoms with Gasteiger partial charge in [-0.15, -0.1) is 10.2 Å². The summed E-state index contributed by atoms with van der Waals surface area (Å²) >= 11 is 0. The van der Waals surface area contributed by atoms with Crippen LogP contribution in [0.15, 0.2) is 51.8 Å². The SMILES string of the molecule is COc1cccc(-c2nnc(C3CCN(S(=O)(=O)c4ccc(OC)c(OC)c4)CC3)o2)c1. The highest BCUT2D eigenvalue weighted by Gasteiger charge is 2.32. The number of hydrogen-bond donors (Lipinski definition) is 0. The molecule has 0 atom stereocenters. The summed E-state index contributed by atoms with van der Waals surface area (Å²) in [6, 6.07) is 12.0. The highest BCUT2D eigenvalue weighted by atomic mass is 32.2. The van der Waals surface area contributed by atoms with Crippen LogP contribution in [0.2, 0.25) is 0 Å². The van der Waals surface area contributed by atoms with Gasteiger partial charge in [0.1, 0.15) is 5.75 Å². The van der Waals surface area contributed by atoms with Gasteiger partial charge in [-0.3, -0.25) is 0 Å². The van der Waals surface area contributed by atoms with Crippen molar-refractivity contribution in [3.63, 3.8) is 0 Å². The van der Waals surface area contributed by atoms with Crippen molar-refractivity contribution in [2.24, 2.45) is 0 Å². The largest absolute Gasteiger partial charge is 0.497 e. The van der Waals surface area contributed by atoms with Crippen molar-refractivity contribution in [3.8, 4) is 28.7 Å². The van der Waals surface area contributed by atoms with Crippen molar-refractivity contribution < 1.29 is 27.0 Å². The van der Waals surface area contributed by atoms with Crippen molar-refractivity contribution in [2.45, 2.75) is 23.7 Å². The lowest BCUT2D eigenvalue weighted by Gasteiger charge is -2.29. The number of ether oxygens (including phenoxy) is 3. The van der Waals surface area contributed by atoms with Crippen LogP contribution in [0.25, 0.3) is 11.5 Å². The fourth-order valence-electron chi connectivity index (χ4n) is 3.74. The Morgan fingerprint density at radius 2 is 1.69 bits per heavy atom. The summed E-state index contributed by atoms with van der Waals surface area (Å²) in [5, 5.41) is 8.36. The topological polar surface area (TPSA) is 104 Å². The van der Waals surface area contributed by atoms with Crippen LogP contribution in [0, 0.1) is 0 Å². The van der Waals surface area contributed by atoms with Gasteiger partial charge in [0.2, 0.25) is 21.8 Å². The number of methoxy groups -OCH3 is 3. The first-order chi connectivity index (χ1) is 15.5. The standard InChI is InChI=1S/C22H25N3O6S/c1-28-17-6-4-5-16(13-17)22-24-23-21(31-22)15-9-11-25(12-10-15)32(26,27)18-7-8-19(29-2)20(14-18)30-3/h4-8,13-15H,9-12H2,1-3H3. The monoisotopic (exact) mass is 459 g/mol. The first-order valence-electron chi connectivity index (χ1n) is 10.2. The lowest BCUT2D eigenvalue weighted by atomic mass is 9.98. The predicted molar refractivity (Wildman–Crippen MR) is 117 cm³/mol. The third-order valence-corrected chi connectivity index (χ3v) is 7.45. The molecule has 0 aliphatic carbocycles. The predicted octanol–water partition coefficient (Wildman–Crippen LogP) is 3.33. The lowest BCUT2D eigenvalue weighted by molar-refractivity contribution is 0.291. The van der Waals surface area contributed by atoms with E-state index in [-0.39, 0.29) is 10.8 Å². The van der Waals surface area contributed by atoms with Gasteiger partial charge in [0.25, 0.3) is 0 Å². The summed E-state index contributed by atoms with van der Waals surface area (Å²) in [5.74, 6) is 2.49. The maximum Gasteiger partial charge on any atom is 0.247 e. The number of piperidine rings is 1. The van der Waals surface area contributed by atoms with Gasteiger partial charge in [-0.1, -0.05) is 6.07 Å². The first kappa shape index (κ1) is 22.1. The minimum Gasteiger partial charge on any atom is -0.497 e. The maximum absolute atomic E-state index is 13.1. The van der Waals surface area contributed by atoms with Crippen LogP contribution in [-0.2, 0) is 10.0 Å². The minimum absolute atomic E-state index is 0.00119. The van der Waals surface area contributed by atoms with E-state index in [4.69, 9.17) is 18.6 Å². The number of hydrogen-bond acceptors (Lipinski definition) is 8. The van der Waals surface area contributed by atoms with E-state index in [0.29, 0.717) is 55.0 Å². The lowest BCUT2D eigenvalue weighted by Crippen LogP contribution is -2.38. The van der Waals surface area contributed by atoms with E-state index in [1.807, 2.05) is 24.3 Å². The first-order valence-corrected chi connectivity index (χ1v) is 11.6. The Hall–Kier alpha value is -3.11. The molecular weight excluding hydrogens is 434 g/mol. The zero-order valence-corrected chi connectivity index (χ0v) is 19.0. The van der Waals surface area contributed by atoms with E-state index in [9.17, 15) is 8.42 Å². The second-order valence-electron chi connectivity index (χ2n) is 7.37. The van der Waals surface area contributed by atoms with Crippen LogP contribution in [0.4, 0.5) is 0 Å². The summed E-state index contributed by atoms with van der Waals surface area (Å²) in [4.78, 5) is 0.173. The second kappa shape index (κ2) is 9.17. The summed E-state index contributed by atoms with van der Waals surface area (Å²) in [6.45, 7) is 0.719. The molecule has 0 N–H and O–H groups in total. The van der Waals surface area contributed by atoms with E-state index in [1.165, 1.54) is 30.7 Å². The third kappa shape index (κ3) is 4.28. The summed E-state index contributed by atoms with van der Waals surface area (Å²) in [7, 11) is 0.930. The molecular formula is C22H25N3O6S. The van der Waals surface area contributed by atoms with Crippen molar-refractivity contribution in [1.29, 1.82) is 0 Å². The molecule has 4 rings (SSSR count). The molecule has 0 unspecified atom stereocenters. The molecule has 170 valence electrons. The van der Waals surface area contributed by atoms with Gasteiger partial charge < -0.3 is 18.6 Å². The fourth-order valence-corrected chi connectivity index (χ4v) is 5.23. The molecule has 0 saturated carbocycles. The number of nitrogens with zero attached hydrogens (tertiary/aromatic N) is 3. The van der Waals surface area contributed by atoms with Crippen LogP contribution in [0.5, 0.6) is 17.2 Å². The molecule has 1 saturated heterocycles. The van der Waals surface area contributed by atoms with Gasteiger partial charge in [-0.05, 0) is 43.2 Å². The Balaban J connectivity index is 1.46. The highest BCUT2D eigenvalue weighted by molar-refractivity contribution is 7.89. The Bertz CT molecular complexity index is 1190. The van der Waals surface area contributed by atoms with Gasteiger partial charge in [0.15, 0.2) is 11.5 Å². The second-order valence-corrected chi connectivity index (χ2v) is 9.31. The third-order valence-electron chi connectivity index (χ3n) is 5.55. The number of aromatic nitrogens is 2. The molecule has 1 fully saturated rings. The summed E-state index contributed by atoms with van der Waals surface area (Å²) in [6.07, 6.45) is 1.18. The van der Waals surface area contributed by atoms with Crippen LogP contribution in [0.1, 0.15) is 24.7 Å². The van der Waals surface area contributed by atoms with Gasteiger partial charge in [0, 0.05) is 30.6 Å². The summed E-state index contributed by atoms with van der Waals surface area (Å²) < 4.78 is 49.3. The smallest absolute Gasteiger partial charge is 0.247 e. The van der Waals surface area contributed by atoms with Crippen molar-refractivity contribution in [1.82, 2.24) is 14.5 Å². The Morgan fingerprint density at radius 1 is 0.938 bits per heavy atom. The van der Waals surface area contributed by atoms with Crippen LogP contribution >= 0.6 is 0 Å².